The molecule has 5 nitrogen and oxygen atoms in total. The summed E-state index contributed by atoms with van der Waals surface area (Å²) in [6.45, 7) is 6.68. The molecular formula is C37H36ClFO5Si. The summed E-state index contributed by atoms with van der Waals surface area (Å²) in [5.41, 5.74) is -1.07. The number of hydrogen-bond donors (Lipinski definition) is 1. The molecule has 0 aliphatic heterocycles. The summed E-state index contributed by atoms with van der Waals surface area (Å²) in [6.07, 6.45) is 2.25. The van der Waals surface area contributed by atoms with Crippen LogP contribution in [0.2, 0.25) is 10.1 Å². The monoisotopic (exact) mass is 642 g/mol. The molecule has 1 fully saturated rings. The van der Waals surface area contributed by atoms with Gasteiger partial charge in [-0.3, -0.25) is 9.59 Å². The maximum atomic E-state index is 15.4. The molecule has 4 aromatic carbocycles. The molecule has 8 heteroatoms. The van der Waals surface area contributed by atoms with Gasteiger partial charge in [-0.25, -0.2) is 9.18 Å². The van der Waals surface area contributed by atoms with Crippen molar-refractivity contribution in [3.05, 3.63) is 130 Å². The Bertz CT molecular complexity index is 1650. The van der Waals surface area contributed by atoms with Crippen LogP contribution in [0.3, 0.4) is 0 Å². The molecular weight excluding hydrogens is 607 g/mol. The molecule has 0 saturated heterocycles. The standard InChI is InChI=1S/C37H36ClFO5Si/c1-37(2,3)45(29-10-6-4-7-11-29,30-12-8-5-9-13-30)44-28-20-16-24(17-21-28)34(40)26-22-31(36(42)43)33(32(39)23-26)35(41)25-14-18-27(38)19-15-25/h4-15,18-19,22-24,28H,16-17,20-21H2,1-3H3,(H,42,43)/t24-,28-. The van der Waals surface area contributed by atoms with Gasteiger partial charge < -0.3 is 9.53 Å². The summed E-state index contributed by atoms with van der Waals surface area (Å²) in [7, 11) is -2.76. The third-order valence-electron chi connectivity index (χ3n) is 8.74. The summed E-state index contributed by atoms with van der Waals surface area (Å²) in [5.74, 6) is -4.06. The minimum atomic E-state index is -2.76. The number of aromatic carboxylic acids is 1. The van der Waals surface area contributed by atoms with E-state index in [1.54, 1.807) is 0 Å². The van der Waals surface area contributed by atoms with Crippen molar-refractivity contribution >= 4 is 47.8 Å². The summed E-state index contributed by atoms with van der Waals surface area (Å²) >= 11 is 5.90. The van der Waals surface area contributed by atoms with Crippen LogP contribution in [-0.4, -0.2) is 37.1 Å². The highest BCUT2D eigenvalue weighted by molar-refractivity contribution is 6.99. The van der Waals surface area contributed by atoms with Crippen LogP contribution in [0.15, 0.2) is 97.1 Å². The van der Waals surface area contributed by atoms with Crippen molar-refractivity contribution in [2.75, 3.05) is 0 Å². The predicted octanol–water partition coefficient (Wildman–Crippen LogP) is 7.73. The van der Waals surface area contributed by atoms with E-state index in [2.05, 4.69) is 45.0 Å². The zero-order chi connectivity index (χ0) is 32.4. The normalized spacial score (nSPS) is 17.1. The van der Waals surface area contributed by atoms with Crippen LogP contribution in [0.1, 0.15) is 83.1 Å². The van der Waals surface area contributed by atoms with Crippen molar-refractivity contribution in [1.29, 1.82) is 0 Å². The molecule has 1 saturated carbocycles. The van der Waals surface area contributed by atoms with E-state index >= 15 is 4.39 Å². The lowest BCUT2D eigenvalue weighted by atomic mass is 9.82. The Balaban J connectivity index is 1.38. The van der Waals surface area contributed by atoms with Crippen LogP contribution in [0.5, 0.6) is 0 Å². The van der Waals surface area contributed by atoms with E-state index in [0.29, 0.717) is 30.7 Å². The lowest BCUT2D eigenvalue weighted by Crippen LogP contribution is -2.67. The highest BCUT2D eigenvalue weighted by Gasteiger charge is 2.51. The molecule has 0 unspecified atom stereocenters. The molecule has 0 heterocycles. The number of carboxylic acid groups (broad SMARTS) is 1. The SMILES string of the molecule is CC(C)(C)[Si](O[C@H]1CC[C@H](C(=O)c2cc(F)c(C(=O)c3ccc(Cl)cc3)c(C(=O)O)c2)CC1)(c1ccccc1)c1ccccc1. The van der Waals surface area contributed by atoms with Crippen molar-refractivity contribution in [1.82, 2.24) is 0 Å². The largest absolute Gasteiger partial charge is 0.478 e. The second-order valence-electron chi connectivity index (χ2n) is 12.6. The maximum Gasteiger partial charge on any atom is 0.336 e. The van der Waals surface area contributed by atoms with Crippen LogP contribution in [0.4, 0.5) is 4.39 Å². The van der Waals surface area contributed by atoms with Gasteiger partial charge in [-0.15, -0.1) is 0 Å². The van der Waals surface area contributed by atoms with Crippen molar-refractivity contribution in [3.63, 3.8) is 0 Å². The molecule has 232 valence electrons. The van der Waals surface area contributed by atoms with Crippen LogP contribution in [0.25, 0.3) is 0 Å². The molecule has 45 heavy (non-hydrogen) atoms. The minimum absolute atomic E-state index is 0.0473. The summed E-state index contributed by atoms with van der Waals surface area (Å²) in [4.78, 5) is 38.8. The van der Waals surface area contributed by atoms with Gasteiger partial charge in [-0.1, -0.05) is 93.0 Å². The fourth-order valence-corrected chi connectivity index (χ4v) is 11.4. The van der Waals surface area contributed by atoms with E-state index in [1.807, 2.05) is 36.4 Å². The molecule has 0 atom stereocenters. The molecule has 1 aliphatic rings. The molecule has 0 radical (unpaired) electrons. The molecule has 0 bridgehead atoms. The number of Topliss-reactive ketones (excluding diaryl/α,β-unsaturated/α-hetero) is 1. The Morgan fingerprint density at radius 3 is 1.82 bits per heavy atom. The molecule has 1 aliphatic carbocycles. The number of benzene rings is 4. The van der Waals surface area contributed by atoms with Crippen LogP contribution >= 0.6 is 11.6 Å². The predicted molar refractivity (Wildman–Crippen MR) is 177 cm³/mol. The van der Waals surface area contributed by atoms with Crippen LogP contribution in [0, 0.1) is 11.7 Å². The highest BCUT2D eigenvalue weighted by Crippen LogP contribution is 2.40. The Morgan fingerprint density at radius 2 is 1.33 bits per heavy atom. The number of carbonyl (C=O) groups is 3. The van der Waals surface area contributed by atoms with E-state index in [1.165, 1.54) is 34.6 Å². The first-order valence-corrected chi connectivity index (χ1v) is 17.4. The van der Waals surface area contributed by atoms with Gasteiger partial charge in [-0.2, -0.15) is 0 Å². The number of hydrogen-bond acceptors (Lipinski definition) is 4. The summed E-state index contributed by atoms with van der Waals surface area (Å²) < 4.78 is 22.7. The average Bonchev–Trinajstić information content (AvgIpc) is 3.03. The highest BCUT2D eigenvalue weighted by atomic mass is 35.5. The second kappa shape index (κ2) is 13.2. The van der Waals surface area contributed by atoms with E-state index in [0.717, 1.165) is 12.1 Å². The van der Waals surface area contributed by atoms with E-state index < -0.39 is 42.9 Å². The minimum Gasteiger partial charge on any atom is -0.478 e. The Kier molecular flexibility index (Phi) is 9.54. The average molecular weight is 643 g/mol. The number of rotatable bonds is 9. The third-order valence-corrected chi connectivity index (χ3v) is 14.1. The van der Waals surface area contributed by atoms with E-state index in [-0.39, 0.29) is 28.1 Å². The van der Waals surface area contributed by atoms with Gasteiger partial charge in [0.2, 0.25) is 0 Å². The number of halogens is 2. The molecule has 4 aromatic rings. The van der Waals surface area contributed by atoms with Crippen LogP contribution in [-0.2, 0) is 4.43 Å². The van der Waals surface area contributed by atoms with E-state index in [4.69, 9.17) is 16.0 Å². The van der Waals surface area contributed by atoms with Gasteiger partial charge in [0, 0.05) is 28.2 Å². The van der Waals surface area contributed by atoms with Gasteiger partial charge in [0.05, 0.1) is 11.1 Å². The zero-order valence-electron chi connectivity index (χ0n) is 25.6. The Labute approximate surface area is 269 Å². The molecule has 0 spiro atoms. The Morgan fingerprint density at radius 1 is 0.800 bits per heavy atom. The van der Waals surface area contributed by atoms with Gasteiger partial charge in [0.15, 0.2) is 11.6 Å². The number of carbonyl (C=O) groups excluding carboxylic acids is 2. The fourth-order valence-electron chi connectivity index (χ4n) is 6.51. The van der Waals surface area contributed by atoms with Gasteiger partial charge >= 0.3 is 5.97 Å². The van der Waals surface area contributed by atoms with Crippen molar-refractivity contribution in [2.24, 2.45) is 5.92 Å². The van der Waals surface area contributed by atoms with Gasteiger partial charge in [0.25, 0.3) is 8.32 Å². The lowest BCUT2D eigenvalue weighted by Gasteiger charge is -2.46. The maximum absolute atomic E-state index is 15.4. The molecule has 0 amide bonds. The first-order chi connectivity index (χ1) is 21.4. The first-order valence-electron chi connectivity index (χ1n) is 15.1. The smallest absolute Gasteiger partial charge is 0.336 e. The third kappa shape index (κ3) is 6.57. The Hall–Kier alpha value is -3.91. The lowest BCUT2D eigenvalue weighted by molar-refractivity contribution is 0.0692. The fraction of sp³-hybridized carbons (Fsp3) is 0.270. The quantitative estimate of drug-likeness (QED) is 0.149. The van der Waals surface area contributed by atoms with Crippen molar-refractivity contribution in [3.8, 4) is 0 Å². The van der Waals surface area contributed by atoms with Crippen molar-refractivity contribution < 1.29 is 28.3 Å². The topological polar surface area (TPSA) is 80.7 Å². The van der Waals surface area contributed by atoms with Crippen LogP contribution < -0.4 is 10.4 Å². The number of ketones is 2. The summed E-state index contributed by atoms with van der Waals surface area (Å²) in [6, 6.07) is 28.7. The molecule has 1 N–H and O–H groups in total. The summed E-state index contributed by atoms with van der Waals surface area (Å²) in [5, 5.41) is 12.5. The number of carboxylic acids is 1. The zero-order valence-corrected chi connectivity index (χ0v) is 27.3. The molecule has 5 rings (SSSR count). The molecule has 0 aromatic heterocycles. The second-order valence-corrected chi connectivity index (χ2v) is 17.3. The first kappa shape index (κ1) is 32.5. The van der Waals surface area contributed by atoms with Gasteiger partial charge in [0.1, 0.15) is 5.82 Å². The van der Waals surface area contributed by atoms with Crippen molar-refractivity contribution in [2.45, 2.75) is 57.6 Å². The van der Waals surface area contributed by atoms with Gasteiger partial charge in [-0.05, 0) is 77.5 Å². The van der Waals surface area contributed by atoms with E-state index in [9.17, 15) is 19.5 Å².